The van der Waals surface area contributed by atoms with Crippen molar-refractivity contribution in [3.8, 4) is 0 Å². The van der Waals surface area contributed by atoms with Crippen molar-refractivity contribution >= 4 is 15.5 Å². The van der Waals surface area contributed by atoms with Gasteiger partial charge in [0.1, 0.15) is 0 Å². The molecule has 0 bridgehead atoms. The van der Waals surface area contributed by atoms with Gasteiger partial charge in [-0.1, -0.05) is 19.1 Å². The SMILES string of the molecule is CC[C@H]([C@@H](O)c1ccc(N)cc1)S(C)(=O)=O. The Morgan fingerprint density at radius 3 is 2.19 bits per heavy atom. The van der Waals surface area contributed by atoms with Crippen LogP contribution in [0.25, 0.3) is 0 Å². The van der Waals surface area contributed by atoms with E-state index in [0.717, 1.165) is 6.26 Å². The summed E-state index contributed by atoms with van der Waals surface area (Å²) in [7, 11) is -3.25. The lowest BCUT2D eigenvalue weighted by atomic mass is 10.0. The summed E-state index contributed by atoms with van der Waals surface area (Å²) < 4.78 is 22.9. The number of nitrogen functional groups attached to an aromatic ring is 1. The molecule has 0 aliphatic carbocycles. The summed E-state index contributed by atoms with van der Waals surface area (Å²) in [6.07, 6.45) is 0.520. The standard InChI is InChI=1S/C11H17NO3S/c1-3-10(16(2,14)15)11(13)8-4-6-9(12)7-5-8/h4-7,10-11,13H,3,12H2,1-2H3/t10-,11+/m1/s1. The molecule has 0 saturated carbocycles. The Morgan fingerprint density at radius 2 is 1.81 bits per heavy atom. The van der Waals surface area contributed by atoms with E-state index in [9.17, 15) is 13.5 Å². The van der Waals surface area contributed by atoms with Gasteiger partial charge < -0.3 is 10.8 Å². The van der Waals surface area contributed by atoms with Crippen LogP contribution in [0.4, 0.5) is 5.69 Å². The van der Waals surface area contributed by atoms with E-state index >= 15 is 0 Å². The molecular formula is C11H17NO3S. The number of sulfone groups is 1. The zero-order valence-corrected chi connectivity index (χ0v) is 10.2. The Labute approximate surface area is 96.0 Å². The molecule has 90 valence electrons. The lowest BCUT2D eigenvalue weighted by molar-refractivity contribution is 0.169. The van der Waals surface area contributed by atoms with Crippen molar-refractivity contribution in [2.75, 3.05) is 12.0 Å². The first kappa shape index (κ1) is 13.0. The van der Waals surface area contributed by atoms with Crippen LogP contribution in [0.3, 0.4) is 0 Å². The first-order chi connectivity index (χ1) is 7.36. The molecule has 1 aromatic carbocycles. The van der Waals surface area contributed by atoms with Crippen LogP contribution in [-0.4, -0.2) is 25.0 Å². The quantitative estimate of drug-likeness (QED) is 0.777. The second-order valence-corrected chi connectivity index (χ2v) is 6.15. The average molecular weight is 243 g/mol. The number of aliphatic hydroxyl groups is 1. The number of hydrogen-bond donors (Lipinski definition) is 2. The number of benzene rings is 1. The Morgan fingerprint density at radius 1 is 1.31 bits per heavy atom. The van der Waals surface area contributed by atoms with Gasteiger partial charge in [0, 0.05) is 11.9 Å². The minimum Gasteiger partial charge on any atom is -0.399 e. The summed E-state index contributed by atoms with van der Waals surface area (Å²) >= 11 is 0. The van der Waals surface area contributed by atoms with E-state index in [-0.39, 0.29) is 0 Å². The summed E-state index contributed by atoms with van der Waals surface area (Å²) in [4.78, 5) is 0. The van der Waals surface area contributed by atoms with Gasteiger partial charge in [0.15, 0.2) is 9.84 Å². The predicted octanol–water partition coefficient (Wildman–Crippen LogP) is 1.13. The second-order valence-electron chi connectivity index (χ2n) is 3.89. The molecule has 3 N–H and O–H groups in total. The molecule has 0 unspecified atom stereocenters. The fraction of sp³-hybridized carbons (Fsp3) is 0.455. The zero-order valence-electron chi connectivity index (χ0n) is 9.42. The van der Waals surface area contributed by atoms with Crippen LogP contribution in [0.2, 0.25) is 0 Å². The van der Waals surface area contributed by atoms with Crippen LogP contribution in [0.5, 0.6) is 0 Å². The van der Waals surface area contributed by atoms with Crippen LogP contribution in [-0.2, 0) is 9.84 Å². The maximum Gasteiger partial charge on any atom is 0.153 e. The topological polar surface area (TPSA) is 80.4 Å². The third-order valence-corrected chi connectivity index (χ3v) is 4.27. The molecule has 0 fully saturated rings. The van der Waals surface area contributed by atoms with Crippen molar-refractivity contribution < 1.29 is 13.5 Å². The van der Waals surface area contributed by atoms with Crippen LogP contribution in [0.1, 0.15) is 25.0 Å². The third kappa shape index (κ3) is 2.96. The average Bonchev–Trinajstić information content (AvgIpc) is 2.17. The van der Waals surface area contributed by atoms with E-state index in [1.54, 1.807) is 31.2 Å². The lowest BCUT2D eigenvalue weighted by Crippen LogP contribution is -2.26. The van der Waals surface area contributed by atoms with Crippen molar-refractivity contribution in [3.63, 3.8) is 0 Å². The molecule has 5 heteroatoms. The highest BCUT2D eigenvalue weighted by Crippen LogP contribution is 2.24. The van der Waals surface area contributed by atoms with Crippen molar-refractivity contribution in [2.24, 2.45) is 0 Å². The molecule has 0 heterocycles. The van der Waals surface area contributed by atoms with Crippen molar-refractivity contribution in [3.05, 3.63) is 29.8 Å². The van der Waals surface area contributed by atoms with Gasteiger partial charge in [-0.3, -0.25) is 0 Å². The molecule has 0 amide bonds. The van der Waals surface area contributed by atoms with E-state index in [1.165, 1.54) is 0 Å². The van der Waals surface area contributed by atoms with Gasteiger partial charge >= 0.3 is 0 Å². The molecule has 0 radical (unpaired) electrons. The third-order valence-electron chi connectivity index (χ3n) is 2.58. The van der Waals surface area contributed by atoms with Gasteiger partial charge in [0.25, 0.3) is 0 Å². The number of anilines is 1. The largest absolute Gasteiger partial charge is 0.399 e. The first-order valence-electron chi connectivity index (χ1n) is 5.08. The van der Waals surface area contributed by atoms with Gasteiger partial charge in [-0.05, 0) is 24.1 Å². The molecular weight excluding hydrogens is 226 g/mol. The predicted molar refractivity (Wildman–Crippen MR) is 64.7 cm³/mol. The van der Waals surface area contributed by atoms with Crippen LogP contribution in [0.15, 0.2) is 24.3 Å². The second kappa shape index (κ2) is 4.84. The van der Waals surface area contributed by atoms with Gasteiger partial charge in [-0.2, -0.15) is 0 Å². The van der Waals surface area contributed by atoms with Crippen molar-refractivity contribution in [1.82, 2.24) is 0 Å². The zero-order chi connectivity index (χ0) is 12.3. The van der Waals surface area contributed by atoms with E-state index in [1.807, 2.05) is 0 Å². The molecule has 1 aromatic rings. The minimum atomic E-state index is -3.25. The molecule has 0 spiro atoms. The first-order valence-corrected chi connectivity index (χ1v) is 7.04. The van der Waals surface area contributed by atoms with E-state index < -0.39 is 21.2 Å². The maximum absolute atomic E-state index is 11.5. The Hall–Kier alpha value is -1.07. The fourth-order valence-corrected chi connectivity index (χ4v) is 2.90. The highest BCUT2D eigenvalue weighted by Gasteiger charge is 2.28. The molecule has 2 atom stereocenters. The number of hydrogen-bond acceptors (Lipinski definition) is 4. The van der Waals surface area contributed by atoms with E-state index in [2.05, 4.69) is 0 Å². The fourth-order valence-electron chi connectivity index (χ4n) is 1.67. The van der Waals surface area contributed by atoms with E-state index in [4.69, 9.17) is 5.73 Å². The monoisotopic (exact) mass is 243 g/mol. The summed E-state index contributed by atoms with van der Waals surface area (Å²) in [6, 6.07) is 6.59. The Kier molecular flexibility index (Phi) is 3.93. The number of nitrogens with two attached hydrogens (primary N) is 1. The summed E-state index contributed by atoms with van der Waals surface area (Å²) in [5, 5.41) is 9.22. The normalized spacial score (nSPS) is 15.7. The smallest absolute Gasteiger partial charge is 0.153 e. The number of rotatable bonds is 4. The van der Waals surface area contributed by atoms with E-state index in [0.29, 0.717) is 17.7 Å². The summed E-state index contributed by atoms with van der Waals surface area (Å²) in [5.74, 6) is 0. The highest BCUT2D eigenvalue weighted by atomic mass is 32.2. The minimum absolute atomic E-state index is 0.379. The molecule has 0 aromatic heterocycles. The summed E-state index contributed by atoms with van der Waals surface area (Å²) in [5.41, 5.74) is 6.68. The molecule has 4 nitrogen and oxygen atoms in total. The Balaban J connectivity index is 3.00. The van der Waals surface area contributed by atoms with Crippen molar-refractivity contribution in [2.45, 2.75) is 24.7 Å². The van der Waals surface area contributed by atoms with Gasteiger partial charge in [-0.25, -0.2) is 8.42 Å². The van der Waals surface area contributed by atoms with Gasteiger partial charge in [0.05, 0.1) is 11.4 Å². The van der Waals surface area contributed by atoms with Crippen LogP contribution < -0.4 is 5.73 Å². The molecule has 1 rings (SSSR count). The molecule has 0 aliphatic rings. The molecule has 16 heavy (non-hydrogen) atoms. The maximum atomic E-state index is 11.5. The van der Waals surface area contributed by atoms with Gasteiger partial charge in [-0.15, -0.1) is 0 Å². The highest BCUT2D eigenvalue weighted by molar-refractivity contribution is 7.91. The van der Waals surface area contributed by atoms with Crippen LogP contribution in [0, 0.1) is 0 Å². The lowest BCUT2D eigenvalue weighted by Gasteiger charge is -2.20. The molecule has 0 saturated heterocycles. The number of aliphatic hydroxyl groups excluding tert-OH is 1. The summed E-state index contributed by atoms with van der Waals surface area (Å²) in [6.45, 7) is 1.74. The van der Waals surface area contributed by atoms with Gasteiger partial charge in [0.2, 0.25) is 0 Å². The molecule has 0 aliphatic heterocycles. The van der Waals surface area contributed by atoms with Crippen LogP contribution >= 0.6 is 0 Å². The van der Waals surface area contributed by atoms with Crippen molar-refractivity contribution in [1.29, 1.82) is 0 Å². The Bertz CT molecular complexity index is 439.